The van der Waals surface area contributed by atoms with Gasteiger partial charge in [0.25, 0.3) is 0 Å². The van der Waals surface area contributed by atoms with E-state index in [2.05, 4.69) is 11.3 Å². The molecule has 2 nitrogen and oxygen atoms in total. The van der Waals surface area contributed by atoms with Gasteiger partial charge >= 0.3 is 0 Å². The third-order valence-electron chi connectivity index (χ3n) is 1.56. The molecule has 13 heavy (non-hydrogen) atoms. The second kappa shape index (κ2) is 4.29. The highest BCUT2D eigenvalue weighted by Gasteiger charge is 2.12. The van der Waals surface area contributed by atoms with Crippen molar-refractivity contribution in [2.24, 2.45) is 4.76 Å². The molecule has 0 aromatic heterocycles. The highest BCUT2D eigenvalue weighted by molar-refractivity contribution is 8.19. The van der Waals surface area contributed by atoms with Crippen LogP contribution in [0.3, 0.4) is 0 Å². The van der Waals surface area contributed by atoms with Gasteiger partial charge in [-0.25, -0.2) is 4.79 Å². The molecule has 1 atom stereocenters. The van der Waals surface area contributed by atoms with Gasteiger partial charge < -0.3 is 0 Å². The Labute approximate surface area is 82.1 Å². The predicted octanol–water partition coefficient (Wildman–Crippen LogP) is 2.19. The SMILES string of the molecule is C=CP(=S)(N=C=O)c1ccccc1. The Morgan fingerprint density at radius 3 is 2.54 bits per heavy atom. The van der Waals surface area contributed by atoms with Crippen molar-refractivity contribution in [3.63, 3.8) is 0 Å². The molecule has 0 aliphatic rings. The fourth-order valence-corrected chi connectivity index (χ4v) is 2.50. The van der Waals surface area contributed by atoms with Gasteiger partial charge in [-0.3, -0.25) is 0 Å². The van der Waals surface area contributed by atoms with Crippen LogP contribution in [0.4, 0.5) is 0 Å². The summed E-state index contributed by atoms with van der Waals surface area (Å²) in [6.45, 7) is 3.60. The Morgan fingerprint density at radius 1 is 1.46 bits per heavy atom. The van der Waals surface area contributed by atoms with Crippen LogP contribution in [-0.2, 0) is 16.6 Å². The number of hydrogen-bond donors (Lipinski definition) is 0. The van der Waals surface area contributed by atoms with Gasteiger partial charge in [0.05, 0.1) is 0 Å². The summed E-state index contributed by atoms with van der Waals surface area (Å²) >= 11 is 5.23. The second-order valence-electron chi connectivity index (χ2n) is 2.33. The van der Waals surface area contributed by atoms with E-state index in [4.69, 9.17) is 11.8 Å². The smallest absolute Gasteiger partial charge is 0.211 e. The van der Waals surface area contributed by atoms with E-state index < -0.39 is 6.19 Å². The van der Waals surface area contributed by atoms with E-state index in [9.17, 15) is 4.79 Å². The van der Waals surface area contributed by atoms with Crippen molar-refractivity contribution < 1.29 is 4.79 Å². The monoisotopic (exact) mass is 209 g/mol. The van der Waals surface area contributed by atoms with Gasteiger partial charge in [0.1, 0.15) is 6.19 Å². The summed E-state index contributed by atoms with van der Waals surface area (Å²) in [7, 11) is 0. The molecule has 0 amide bonds. The molecule has 0 aliphatic heterocycles. The number of isocyanates is 1. The first-order valence-corrected chi connectivity index (χ1v) is 6.44. The number of benzene rings is 1. The zero-order valence-electron chi connectivity index (χ0n) is 6.88. The van der Waals surface area contributed by atoms with E-state index in [1.54, 1.807) is 5.82 Å². The van der Waals surface area contributed by atoms with Gasteiger partial charge in [-0.15, -0.1) is 0 Å². The lowest BCUT2D eigenvalue weighted by atomic mass is 10.4. The first-order chi connectivity index (χ1) is 6.23. The minimum atomic E-state index is -2.25. The van der Waals surface area contributed by atoms with E-state index in [0.29, 0.717) is 0 Å². The Kier molecular flexibility index (Phi) is 3.32. The van der Waals surface area contributed by atoms with Crippen molar-refractivity contribution in [3.05, 3.63) is 42.7 Å². The zero-order chi connectivity index (χ0) is 9.73. The first kappa shape index (κ1) is 10.1. The van der Waals surface area contributed by atoms with Crippen LogP contribution in [-0.4, -0.2) is 6.08 Å². The zero-order valence-corrected chi connectivity index (χ0v) is 8.59. The maximum absolute atomic E-state index is 10.2. The molecule has 0 heterocycles. The molecular weight excluding hydrogens is 201 g/mol. The maximum atomic E-state index is 10.2. The van der Waals surface area contributed by atoms with Crippen molar-refractivity contribution in [3.8, 4) is 0 Å². The molecule has 4 heteroatoms. The summed E-state index contributed by atoms with van der Waals surface area (Å²) in [5, 5.41) is 0.864. The van der Waals surface area contributed by atoms with Gasteiger partial charge in [-0.2, -0.15) is 4.76 Å². The highest BCUT2D eigenvalue weighted by Crippen LogP contribution is 2.46. The van der Waals surface area contributed by atoms with E-state index >= 15 is 0 Å². The average Bonchev–Trinajstić information content (AvgIpc) is 2.19. The van der Waals surface area contributed by atoms with Gasteiger partial charge in [-0.05, 0) is 5.82 Å². The van der Waals surface area contributed by atoms with Gasteiger partial charge in [0.2, 0.25) is 6.08 Å². The molecule has 0 fully saturated rings. The molecule has 0 N–H and O–H groups in total. The lowest BCUT2D eigenvalue weighted by Crippen LogP contribution is -1.98. The van der Waals surface area contributed by atoms with E-state index in [1.807, 2.05) is 30.3 Å². The summed E-state index contributed by atoms with van der Waals surface area (Å²) in [6, 6.07) is 9.31. The van der Waals surface area contributed by atoms with Crippen molar-refractivity contribution in [2.45, 2.75) is 0 Å². The predicted molar refractivity (Wildman–Crippen MR) is 58.7 cm³/mol. The molecule has 0 bridgehead atoms. The van der Waals surface area contributed by atoms with Crippen LogP contribution in [0.25, 0.3) is 0 Å². The largest absolute Gasteiger partial charge is 0.240 e. The van der Waals surface area contributed by atoms with Crippen LogP contribution >= 0.6 is 6.19 Å². The van der Waals surface area contributed by atoms with Crippen molar-refractivity contribution in [1.29, 1.82) is 0 Å². The Balaban J connectivity index is 3.26. The number of rotatable bonds is 3. The number of nitrogens with zero attached hydrogens (tertiary/aromatic N) is 1. The quantitative estimate of drug-likeness (QED) is 0.434. The van der Waals surface area contributed by atoms with Crippen LogP contribution in [0.2, 0.25) is 0 Å². The fourth-order valence-electron chi connectivity index (χ4n) is 0.906. The standard InChI is InChI=1S/C9H8NOPS/c1-2-12(13,10-8-11)9-6-4-3-5-7-9/h2-7H,1H2. The summed E-state index contributed by atoms with van der Waals surface area (Å²) in [4.78, 5) is 10.2. The lowest BCUT2D eigenvalue weighted by Gasteiger charge is -2.09. The maximum Gasteiger partial charge on any atom is 0.240 e. The van der Waals surface area contributed by atoms with Crippen molar-refractivity contribution in [1.82, 2.24) is 0 Å². The van der Waals surface area contributed by atoms with Crippen LogP contribution in [0.5, 0.6) is 0 Å². The summed E-state index contributed by atoms with van der Waals surface area (Å²) in [5.41, 5.74) is 0. The molecule has 1 rings (SSSR count). The summed E-state index contributed by atoms with van der Waals surface area (Å²) in [6.07, 6.45) is -0.747. The minimum Gasteiger partial charge on any atom is -0.211 e. The average molecular weight is 209 g/mol. The van der Waals surface area contributed by atoms with Crippen molar-refractivity contribution in [2.75, 3.05) is 0 Å². The normalized spacial score (nSPS) is 13.8. The van der Waals surface area contributed by atoms with Gasteiger partial charge in [0.15, 0.2) is 0 Å². The molecule has 0 radical (unpaired) electrons. The third kappa shape index (κ3) is 2.22. The molecule has 0 saturated heterocycles. The topological polar surface area (TPSA) is 29.4 Å². The van der Waals surface area contributed by atoms with Gasteiger partial charge in [-0.1, -0.05) is 48.7 Å². The highest BCUT2D eigenvalue weighted by atomic mass is 32.4. The lowest BCUT2D eigenvalue weighted by molar-refractivity contribution is 0.566. The summed E-state index contributed by atoms with van der Waals surface area (Å²) < 4.78 is 3.65. The van der Waals surface area contributed by atoms with E-state index in [1.165, 1.54) is 6.08 Å². The Hall–Kier alpha value is -1.01. The molecule has 0 saturated carbocycles. The van der Waals surface area contributed by atoms with Crippen LogP contribution in [0.15, 0.2) is 47.5 Å². The van der Waals surface area contributed by atoms with Crippen LogP contribution < -0.4 is 5.30 Å². The Bertz CT molecular complexity index is 395. The fraction of sp³-hybridized carbons (Fsp3) is 0. The molecule has 1 aromatic carbocycles. The van der Waals surface area contributed by atoms with E-state index in [0.717, 1.165) is 5.30 Å². The molecule has 66 valence electrons. The molecule has 0 aliphatic carbocycles. The molecule has 1 unspecified atom stereocenters. The van der Waals surface area contributed by atoms with E-state index in [-0.39, 0.29) is 0 Å². The number of hydrogen-bond acceptors (Lipinski definition) is 2. The third-order valence-corrected chi connectivity index (χ3v) is 4.80. The second-order valence-corrected chi connectivity index (χ2v) is 6.33. The summed E-state index contributed by atoms with van der Waals surface area (Å²) in [5.74, 6) is 1.56. The molecular formula is C9H8NOPS. The minimum absolute atomic E-state index is 0.864. The van der Waals surface area contributed by atoms with Crippen LogP contribution in [0.1, 0.15) is 0 Å². The van der Waals surface area contributed by atoms with Crippen molar-refractivity contribution >= 4 is 29.4 Å². The first-order valence-electron chi connectivity index (χ1n) is 3.61. The molecule has 1 aromatic rings. The molecule has 0 spiro atoms. The number of carbonyl (C=O) groups excluding carboxylic acids is 1. The Morgan fingerprint density at radius 2 is 2.08 bits per heavy atom. The van der Waals surface area contributed by atoms with Gasteiger partial charge in [0, 0.05) is 5.30 Å². The van der Waals surface area contributed by atoms with Crippen LogP contribution in [0, 0.1) is 0 Å².